The molecule has 2 atom stereocenters. The largest absolute Gasteiger partial charge is 0.671 e. The minimum Gasteiger partial charge on any atom is -0.438 e. The van der Waals surface area contributed by atoms with Crippen LogP contribution in [0.1, 0.15) is 7.43 Å². The van der Waals surface area contributed by atoms with E-state index in [1.807, 2.05) is 19.9 Å². The van der Waals surface area contributed by atoms with Gasteiger partial charge in [0.2, 0.25) is 0 Å². The first-order valence-corrected chi connectivity index (χ1v) is 16.8. The lowest BCUT2D eigenvalue weighted by atomic mass is 10.8. The van der Waals surface area contributed by atoms with E-state index in [4.69, 9.17) is 43.9 Å². The molecule has 4 radical (unpaired) electrons. The molecule has 0 rings (SSSR count). The van der Waals surface area contributed by atoms with Crippen LogP contribution in [0.2, 0.25) is 13.1 Å². The second-order valence-electron chi connectivity index (χ2n) is 2.86. The van der Waals surface area contributed by atoms with E-state index in [0.29, 0.717) is 16.9 Å². The highest BCUT2D eigenvalue weighted by Gasteiger charge is 2.32. The molecule has 0 aromatic rings. The van der Waals surface area contributed by atoms with Crippen LogP contribution in [0.5, 0.6) is 0 Å². The molecule has 0 heterocycles. The van der Waals surface area contributed by atoms with E-state index in [0.717, 1.165) is 7.11 Å². The fourth-order valence-electron chi connectivity index (χ4n) is 0.247. The molecular formula is C7H34B2O9P2Si4. The van der Waals surface area contributed by atoms with Crippen LogP contribution in [0.15, 0.2) is 0 Å². The third-order valence-electron chi connectivity index (χ3n) is 0.872. The summed E-state index contributed by atoms with van der Waals surface area (Å²) in [4.78, 5) is 48.5. The smallest absolute Gasteiger partial charge is 0.438 e. The Bertz CT molecular complexity index is 193. The van der Waals surface area contributed by atoms with E-state index < -0.39 is 37.6 Å². The average molecular weight is 458 g/mol. The van der Waals surface area contributed by atoms with Crippen molar-refractivity contribution in [2.45, 2.75) is 20.5 Å². The molecule has 0 aliphatic heterocycles. The summed E-state index contributed by atoms with van der Waals surface area (Å²) in [5, 5.41) is 0. The summed E-state index contributed by atoms with van der Waals surface area (Å²) in [5.41, 5.74) is 0. The number of hydrogen-bond donors (Lipinski definition) is 6. The van der Waals surface area contributed by atoms with Gasteiger partial charge in [-0.05, 0) is 0 Å². The Morgan fingerprint density at radius 3 is 1.12 bits per heavy atom. The minimum absolute atomic E-state index is 0. The van der Waals surface area contributed by atoms with Gasteiger partial charge < -0.3 is 41.7 Å². The molecule has 0 aromatic carbocycles. The lowest BCUT2D eigenvalue weighted by molar-refractivity contribution is 0.0879. The van der Waals surface area contributed by atoms with Crippen LogP contribution in [0.3, 0.4) is 0 Å². The van der Waals surface area contributed by atoms with E-state index in [2.05, 4.69) is 13.0 Å². The Kier molecular flexibility index (Phi) is 54.0. The molecule has 0 spiro atoms. The van der Waals surface area contributed by atoms with Gasteiger partial charge in [0.15, 0.2) is 19.5 Å². The quantitative estimate of drug-likeness (QED) is 0.189. The van der Waals surface area contributed by atoms with Crippen LogP contribution >= 0.6 is 16.9 Å². The Morgan fingerprint density at radius 2 is 1.08 bits per heavy atom. The SMILES string of the molecule is C.CO[Si](O)(O)O.CO[Si](O)(O)O[SiH2]C.C[SiH2]O.[B]PC.[B]PC. The lowest BCUT2D eigenvalue weighted by Crippen LogP contribution is -2.42. The molecule has 17 heteroatoms. The Balaban J connectivity index is -0.0000000450. The predicted molar refractivity (Wildman–Crippen MR) is 115 cm³/mol. The Labute approximate surface area is 159 Å². The maximum Gasteiger partial charge on any atom is 0.671 e. The van der Waals surface area contributed by atoms with Gasteiger partial charge in [-0.3, -0.25) is 0 Å². The standard InChI is InChI=1S/C2H10O4Si2.2CH4BP.CH6O4Si.CH6OSi.CH4/c1-5-8(3,4)6-7-2;2*1-3-2;1-5-6(2,3)4;1-3-2;/h3-4H,7H2,1-2H3;2*3H,1H3;2-4H,1H3;2H,3H2,1H3;1H4. The Morgan fingerprint density at radius 1 is 0.875 bits per heavy atom. The Hall–Kier alpha value is 1.50. The maximum absolute atomic E-state index is 8.61. The van der Waals surface area contributed by atoms with Gasteiger partial charge in [-0.15, -0.1) is 0 Å². The summed E-state index contributed by atoms with van der Waals surface area (Å²) in [6.07, 6.45) is 0. The van der Waals surface area contributed by atoms with Crippen molar-refractivity contribution < 1.29 is 41.7 Å². The van der Waals surface area contributed by atoms with Crippen LogP contribution in [-0.4, -0.2) is 109 Å². The van der Waals surface area contributed by atoms with Gasteiger partial charge in [-0.2, -0.15) is 16.9 Å². The molecule has 2 unspecified atom stereocenters. The van der Waals surface area contributed by atoms with E-state index in [9.17, 15) is 0 Å². The monoisotopic (exact) mass is 458 g/mol. The van der Waals surface area contributed by atoms with E-state index in [1.54, 1.807) is 6.55 Å². The van der Waals surface area contributed by atoms with Crippen LogP contribution < -0.4 is 0 Å². The molecule has 0 aromatic heterocycles. The molecular weight excluding hydrogens is 424 g/mol. The molecule has 148 valence electrons. The fraction of sp³-hybridized carbons (Fsp3) is 1.00. The number of rotatable bonds is 4. The highest BCUT2D eigenvalue weighted by atomic mass is 31.1. The predicted octanol–water partition coefficient (Wildman–Crippen LogP) is -3.25. The van der Waals surface area contributed by atoms with Crippen molar-refractivity contribution in [1.29, 1.82) is 0 Å². The highest BCUT2D eigenvalue weighted by Crippen LogP contribution is 1.92. The maximum atomic E-state index is 8.61. The van der Waals surface area contributed by atoms with Crippen molar-refractivity contribution in [2.24, 2.45) is 0 Å². The van der Waals surface area contributed by atoms with Crippen LogP contribution in [-0.2, 0) is 13.0 Å². The van der Waals surface area contributed by atoms with Crippen molar-refractivity contribution in [3.8, 4) is 0 Å². The summed E-state index contributed by atoms with van der Waals surface area (Å²) < 4.78 is 12.5. The van der Waals surface area contributed by atoms with E-state index >= 15 is 0 Å². The molecule has 6 N–H and O–H groups in total. The number of hydrogen-bond acceptors (Lipinski definition) is 9. The summed E-state index contributed by atoms with van der Waals surface area (Å²) in [5.74, 6) is 0. The van der Waals surface area contributed by atoms with Crippen molar-refractivity contribution in [3.05, 3.63) is 0 Å². The second-order valence-corrected chi connectivity index (χ2v) is 9.44. The summed E-state index contributed by atoms with van der Waals surface area (Å²) >= 11 is 0. The first-order valence-electron chi connectivity index (χ1n) is 6.14. The van der Waals surface area contributed by atoms with Gasteiger partial charge in [0, 0.05) is 14.2 Å². The van der Waals surface area contributed by atoms with Crippen LogP contribution in [0, 0.1) is 0 Å². The molecule has 0 fully saturated rings. The summed E-state index contributed by atoms with van der Waals surface area (Å²) in [7, 11) is 4.06. The van der Waals surface area contributed by atoms with Gasteiger partial charge in [0.25, 0.3) is 0 Å². The zero-order chi connectivity index (χ0) is 19.9. The van der Waals surface area contributed by atoms with Crippen LogP contribution in [0.4, 0.5) is 0 Å². The van der Waals surface area contributed by atoms with Gasteiger partial charge >= 0.3 is 18.1 Å². The topological polar surface area (TPSA) is 149 Å². The van der Waals surface area contributed by atoms with Crippen molar-refractivity contribution in [3.63, 3.8) is 0 Å². The normalized spacial score (nSPS) is 11.2. The summed E-state index contributed by atoms with van der Waals surface area (Å²) in [6.45, 7) is 7.48. The van der Waals surface area contributed by atoms with Crippen molar-refractivity contribution >= 4 is 69.7 Å². The fourth-order valence-corrected chi connectivity index (χ4v) is 2.22. The van der Waals surface area contributed by atoms with Crippen molar-refractivity contribution in [1.82, 2.24) is 0 Å². The minimum atomic E-state index is -4.13. The molecule has 9 nitrogen and oxygen atoms in total. The average Bonchev–Trinajstić information content (AvgIpc) is 2.41. The molecule has 0 aliphatic carbocycles. The third-order valence-corrected chi connectivity index (χ3v) is 4.61. The molecule has 0 saturated carbocycles. The molecule has 0 aliphatic rings. The third kappa shape index (κ3) is 90.0. The highest BCUT2D eigenvalue weighted by molar-refractivity contribution is 7.65. The van der Waals surface area contributed by atoms with Crippen molar-refractivity contribution in [2.75, 3.05) is 27.5 Å². The molecule has 0 bridgehead atoms. The molecule has 24 heavy (non-hydrogen) atoms. The first-order chi connectivity index (χ1) is 10.4. The zero-order valence-corrected chi connectivity index (χ0v) is 21.3. The van der Waals surface area contributed by atoms with Gasteiger partial charge in [-0.25, -0.2) is 0 Å². The zero-order valence-electron chi connectivity index (χ0n) is 14.5. The van der Waals surface area contributed by atoms with E-state index in [1.165, 1.54) is 7.11 Å². The molecule has 0 amide bonds. The summed E-state index contributed by atoms with van der Waals surface area (Å²) in [6, 6.07) is 0. The van der Waals surface area contributed by atoms with Gasteiger partial charge in [-0.1, -0.05) is 33.9 Å². The lowest BCUT2D eigenvalue weighted by Gasteiger charge is -2.12. The van der Waals surface area contributed by atoms with Crippen LogP contribution in [0.25, 0.3) is 0 Å². The first kappa shape index (κ1) is 40.3. The van der Waals surface area contributed by atoms with Gasteiger partial charge in [0.1, 0.15) is 15.1 Å². The van der Waals surface area contributed by atoms with Gasteiger partial charge in [0.05, 0.1) is 0 Å². The molecule has 0 saturated heterocycles. The van der Waals surface area contributed by atoms with E-state index in [-0.39, 0.29) is 7.43 Å². The second kappa shape index (κ2) is 32.2.